The van der Waals surface area contributed by atoms with Crippen molar-refractivity contribution < 1.29 is 14.6 Å². The SMILES string of the molecule is CC(C)(C)OC(=O)CCO.CC=CCCCC. The summed E-state index contributed by atoms with van der Waals surface area (Å²) in [5.74, 6) is -0.352. The van der Waals surface area contributed by atoms with Gasteiger partial charge in [-0.3, -0.25) is 4.79 Å². The van der Waals surface area contributed by atoms with E-state index in [0.29, 0.717) is 0 Å². The molecule has 0 amide bonds. The van der Waals surface area contributed by atoms with Crippen molar-refractivity contribution in [2.75, 3.05) is 6.61 Å². The Labute approximate surface area is 106 Å². The summed E-state index contributed by atoms with van der Waals surface area (Å²) in [7, 11) is 0. The highest BCUT2D eigenvalue weighted by Crippen LogP contribution is 2.07. The van der Waals surface area contributed by atoms with Crippen LogP contribution in [-0.2, 0) is 9.53 Å². The van der Waals surface area contributed by atoms with E-state index in [4.69, 9.17) is 9.84 Å². The molecule has 0 fully saturated rings. The molecule has 0 aromatic heterocycles. The Morgan fingerprint density at radius 2 is 1.94 bits per heavy atom. The van der Waals surface area contributed by atoms with E-state index < -0.39 is 5.60 Å². The zero-order chi connectivity index (χ0) is 13.7. The van der Waals surface area contributed by atoms with Crippen LogP contribution in [0.3, 0.4) is 0 Å². The average molecular weight is 244 g/mol. The van der Waals surface area contributed by atoms with Crippen molar-refractivity contribution in [1.29, 1.82) is 0 Å². The van der Waals surface area contributed by atoms with Crippen molar-refractivity contribution in [2.24, 2.45) is 0 Å². The van der Waals surface area contributed by atoms with Gasteiger partial charge in [0.25, 0.3) is 0 Å². The minimum absolute atomic E-state index is 0.0806. The van der Waals surface area contributed by atoms with Crippen molar-refractivity contribution >= 4 is 5.97 Å². The van der Waals surface area contributed by atoms with E-state index in [1.165, 1.54) is 19.3 Å². The Hall–Kier alpha value is -0.830. The van der Waals surface area contributed by atoms with E-state index in [0.717, 1.165) is 0 Å². The second-order valence-corrected chi connectivity index (χ2v) is 4.77. The van der Waals surface area contributed by atoms with E-state index >= 15 is 0 Å². The maximum absolute atomic E-state index is 10.7. The van der Waals surface area contributed by atoms with Gasteiger partial charge >= 0.3 is 5.97 Å². The largest absolute Gasteiger partial charge is 0.460 e. The summed E-state index contributed by atoms with van der Waals surface area (Å²) in [6.45, 7) is 9.51. The minimum Gasteiger partial charge on any atom is -0.460 e. The highest BCUT2D eigenvalue weighted by atomic mass is 16.6. The van der Waals surface area contributed by atoms with Crippen molar-refractivity contribution in [2.45, 2.75) is 65.9 Å². The number of esters is 1. The molecule has 0 aliphatic carbocycles. The van der Waals surface area contributed by atoms with E-state index in [2.05, 4.69) is 26.0 Å². The fourth-order valence-electron chi connectivity index (χ4n) is 0.972. The third kappa shape index (κ3) is 21.1. The molecule has 0 spiro atoms. The zero-order valence-electron chi connectivity index (χ0n) is 12.0. The number of ether oxygens (including phenoxy) is 1. The van der Waals surface area contributed by atoms with Crippen LogP contribution in [0.25, 0.3) is 0 Å². The number of carbonyl (C=O) groups excluding carboxylic acids is 1. The Morgan fingerprint density at radius 1 is 1.35 bits per heavy atom. The summed E-state index contributed by atoms with van der Waals surface area (Å²) in [5, 5.41) is 8.33. The van der Waals surface area contributed by atoms with Gasteiger partial charge in [0, 0.05) is 0 Å². The maximum Gasteiger partial charge on any atom is 0.308 e. The Kier molecular flexibility index (Phi) is 12.7. The first-order valence-electron chi connectivity index (χ1n) is 6.31. The summed E-state index contributed by atoms with van der Waals surface area (Å²) in [4.78, 5) is 10.7. The summed E-state index contributed by atoms with van der Waals surface area (Å²) in [6, 6.07) is 0. The highest BCUT2D eigenvalue weighted by Gasteiger charge is 2.14. The normalized spacial score (nSPS) is 10.9. The molecule has 102 valence electrons. The molecule has 0 aromatic carbocycles. The molecule has 0 aliphatic rings. The van der Waals surface area contributed by atoms with Gasteiger partial charge in [0.2, 0.25) is 0 Å². The van der Waals surface area contributed by atoms with Crippen LogP contribution in [0.15, 0.2) is 12.2 Å². The summed E-state index contributed by atoms with van der Waals surface area (Å²) >= 11 is 0. The smallest absolute Gasteiger partial charge is 0.308 e. The molecule has 3 nitrogen and oxygen atoms in total. The Balaban J connectivity index is 0. The zero-order valence-corrected chi connectivity index (χ0v) is 12.0. The molecule has 0 saturated heterocycles. The molecule has 3 heteroatoms. The van der Waals surface area contributed by atoms with Crippen molar-refractivity contribution in [1.82, 2.24) is 0 Å². The number of unbranched alkanes of at least 4 members (excludes halogenated alkanes) is 2. The van der Waals surface area contributed by atoms with E-state index in [1.807, 2.05) is 0 Å². The van der Waals surface area contributed by atoms with Crippen LogP contribution in [0, 0.1) is 0 Å². The summed E-state index contributed by atoms with van der Waals surface area (Å²) in [6.07, 6.45) is 8.30. The fourth-order valence-corrected chi connectivity index (χ4v) is 0.972. The molecule has 0 saturated carbocycles. The summed E-state index contributed by atoms with van der Waals surface area (Å²) in [5.41, 5.74) is -0.438. The van der Waals surface area contributed by atoms with Gasteiger partial charge in [0.05, 0.1) is 13.0 Å². The van der Waals surface area contributed by atoms with Crippen molar-refractivity contribution in [3.05, 3.63) is 12.2 Å². The molecule has 1 N–H and O–H groups in total. The van der Waals surface area contributed by atoms with Crippen LogP contribution in [-0.4, -0.2) is 23.3 Å². The van der Waals surface area contributed by atoms with Gasteiger partial charge in [-0.2, -0.15) is 0 Å². The van der Waals surface area contributed by atoms with Gasteiger partial charge in [0.15, 0.2) is 0 Å². The van der Waals surface area contributed by atoms with E-state index in [1.54, 1.807) is 20.8 Å². The molecule has 0 unspecified atom stereocenters. The maximum atomic E-state index is 10.7. The first kappa shape index (κ1) is 18.5. The molecule has 17 heavy (non-hydrogen) atoms. The number of hydrogen-bond donors (Lipinski definition) is 1. The predicted molar refractivity (Wildman–Crippen MR) is 71.9 cm³/mol. The minimum atomic E-state index is -0.438. The lowest BCUT2D eigenvalue weighted by Gasteiger charge is -2.18. The number of rotatable bonds is 5. The molecular weight excluding hydrogens is 216 g/mol. The van der Waals surface area contributed by atoms with Crippen LogP contribution in [0.2, 0.25) is 0 Å². The molecule has 0 aromatic rings. The van der Waals surface area contributed by atoms with Gasteiger partial charge in [-0.15, -0.1) is 0 Å². The first-order valence-corrected chi connectivity index (χ1v) is 6.31. The fraction of sp³-hybridized carbons (Fsp3) is 0.786. The number of hydrogen-bond acceptors (Lipinski definition) is 3. The molecule has 0 aliphatic heterocycles. The van der Waals surface area contributed by atoms with Crippen molar-refractivity contribution in [3.8, 4) is 0 Å². The average Bonchev–Trinajstić information content (AvgIpc) is 2.17. The number of aliphatic hydroxyl groups excluding tert-OH is 1. The topological polar surface area (TPSA) is 46.5 Å². The van der Waals surface area contributed by atoms with Gasteiger partial charge in [-0.05, 0) is 34.1 Å². The van der Waals surface area contributed by atoms with E-state index in [-0.39, 0.29) is 19.0 Å². The lowest BCUT2D eigenvalue weighted by molar-refractivity contribution is -0.155. The standard InChI is InChI=1S/C7H14O3.C7H14/c1-7(2,3)10-6(9)4-5-8;1-3-5-7-6-4-2/h8H,4-5H2,1-3H3;3,5H,4,6-7H2,1-2H3. The number of carbonyl (C=O) groups is 1. The predicted octanol–water partition coefficient (Wildman–Crippen LogP) is 3.46. The molecule has 0 rings (SSSR count). The van der Waals surface area contributed by atoms with Gasteiger partial charge < -0.3 is 9.84 Å². The third-order valence-corrected chi connectivity index (χ3v) is 1.70. The summed E-state index contributed by atoms with van der Waals surface area (Å²) < 4.78 is 4.88. The highest BCUT2D eigenvalue weighted by molar-refractivity contribution is 5.69. The molecule has 0 atom stereocenters. The van der Waals surface area contributed by atoms with Crippen LogP contribution in [0.4, 0.5) is 0 Å². The lowest BCUT2D eigenvalue weighted by atomic mass is 10.2. The van der Waals surface area contributed by atoms with Gasteiger partial charge in [-0.25, -0.2) is 0 Å². The Morgan fingerprint density at radius 3 is 2.29 bits per heavy atom. The van der Waals surface area contributed by atoms with Crippen molar-refractivity contribution in [3.63, 3.8) is 0 Å². The number of aliphatic hydroxyl groups is 1. The quantitative estimate of drug-likeness (QED) is 0.457. The lowest BCUT2D eigenvalue weighted by Crippen LogP contribution is -2.24. The van der Waals surface area contributed by atoms with Crippen LogP contribution in [0.1, 0.15) is 60.3 Å². The van der Waals surface area contributed by atoms with Crippen LogP contribution < -0.4 is 0 Å². The van der Waals surface area contributed by atoms with Gasteiger partial charge in [0.1, 0.15) is 5.60 Å². The van der Waals surface area contributed by atoms with E-state index in [9.17, 15) is 4.79 Å². The Bertz CT molecular complexity index is 202. The van der Waals surface area contributed by atoms with Crippen LogP contribution in [0.5, 0.6) is 0 Å². The second-order valence-electron chi connectivity index (χ2n) is 4.77. The molecule has 0 radical (unpaired) electrons. The van der Waals surface area contributed by atoms with Crippen LogP contribution >= 0.6 is 0 Å². The molecular formula is C14H28O3. The molecule has 0 heterocycles. The third-order valence-electron chi connectivity index (χ3n) is 1.70. The second kappa shape index (κ2) is 11.6. The number of allylic oxidation sites excluding steroid dienone is 2. The molecule has 0 bridgehead atoms. The van der Waals surface area contributed by atoms with Gasteiger partial charge in [-0.1, -0.05) is 31.9 Å². The first-order chi connectivity index (χ1) is 7.87. The monoisotopic (exact) mass is 244 g/mol.